The fourth-order valence-electron chi connectivity index (χ4n) is 2.59. The number of benzene rings is 2. The van der Waals surface area contributed by atoms with Crippen LogP contribution in [0.2, 0.25) is 0 Å². The first-order valence-electron chi connectivity index (χ1n) is 6.53. The van der Waals surface area contributed by atoms with Crippen LogP contribution < -0.4 is 4.74 Å². The van der Waals surface area contributed by atoms with Gasteiger partial charge in [0.2, 0.25) is 5.75 Å². The van der Waals surface area contributed by atoms with Crippen LogP contribution in [0.5, 0.6) is 34.5 Å². The molecule has 3 rings (SSSR count). The topological polar surface area (TPSA) is 131 Å². The molecule has 6 N–H and O–H groups in total. The minimum Gasteiger partial charge on any atom is -0.508 e. The van der Waals surface area contributed by atoms with E-state index in [1.165, 1.54) is 18.2 Å². The minimum atomic E-state index is -1.08. The number of aromatic hydroxyl groups is 5. The van der Waals surface area contributed by atoms with Crippen LogP contribution in [-0.4, -0.2) is 30.6 Å². The van der Waals surface area contributed by atoms with Crippen LogP contribution in [0.4, 0.5) is 0 Å². The molecule has 0 amide bonds. The summed E-state index contributed by atoms with van der Waals surface area (Å²) in [6, 6.07) is 4.88. The molecular formula is C15H14O7. The monoisotopic (exact) mass is 306 g/mol. The zero-order valence-corrected chi connectivity index (χ0v) is 11.3. The molecule has 0 radical (unpaired) electrons. The number of rotatable bonds is 1. The second-order valence-corrected chi connectivity index (χ2v) is 5.11. The first-order chi connectivity index (χ1) is 10.4. The van der Waals surface area contributed by atoms with Crippen LogP contribution >= 0.6 is 0 Å². The van der Waals surface area contributed by atoms with Crippen LogP contribution in [0.15, 0.2) is 24.3 Å². The Morgan fingerprint density at radius 2 is 1.64 bits per heavy atom. The van der Waals surface area contributed by atoms with Gasteiger partial charge < -0.3 is 35.4 Å². The van der Waals surface area contributed by atoms with Crippen molar-refractivity contribution in [2.75, 3.05) is 0 Å². The molecule has 22 heavy (non-hydrogen) atoms. The SMILES string of the molecule is Oc1cc(O)c2c(c1)OC(c1ccc(O)c(O)c1O)CC2O. The average Bonchev–Trinajstić information content (AvgIpc) is 2.43. The number of phenolic OH excluding ortho intramolecular Hbond substituents is 5. The summed E-state index contributed by atoms with van der Waals surface area (Å²) in [5, 5.41) is 58.3. The Balaban J connectivity index is 2.04. The number of aliphatic hydroxyl groups is 1. The molecule has 2 aromatic carbocycles. The third-order valence-electron chi connectivity index (χ3n) is 3.65. The first kappa shape index (κ1) is 14.2. The molecule has 0 bridgehead atoms. The highest BCUT2D eigenvalue weighted by atomic mass is 16.5. The molecule has 0 aliphatic carbocycles. The largest absolute Gasteiger partial charge is 0.508 e. The molecule has 0 fully saturated rings. The van der Waals surface area contributed by atoms with Crippen molar-refractivity contribution >= 4 is 0 Å². The summed E-state index contributed by atoms with van der Waals surface area (Å²) in [5.74, 6) is -2.16. The van der Waals surface area contributed by atoms with Gasteiger partial charge in [0.1, 0.15) is 23.4 Å². The van der Waals surface area contributed by atoms with E-state index in [-0.39, 0.29) is 34.8 Å². The summed E-state index contributed by atoms with van der Waals surface area (Å²) in [6.07, 6.45) is -1.89. The van der Waals surface area contributed by atoms with Crippen molar-refractivity contribution in [1.29, 1.82) is 0 Å². The van der Waals surface area contributed by atoms with Gasteiger partial charge in [0.05, 0.1) is 11.7 Å². The Labute approximate surface area is 124 Å². The van der Waals surface area contributed by atoms with E-state index in [1.54, 1.807) is 0 Å². The van der Waals surface area contributed by atoms with Crippen molar-refractivity contribution in [2.24, 2.45) is 0 Å². The minimum absolute atomic E-state index is 0.0170. The lowest BCUT2D eigenvalue weighted by atomic mass is 9.93. The summed E-state index contributed by atoms with van der Waals surface area (Å²) >= 11 is 0. The van der Waals surface area contributed by atoms with E-state index in [1.807, 2.05) is 0 Å². The van der Waals surface area contributed by atoms with E-state index in [4.69, 9.17) is 4.74 Å². The molecule has 0 aromatic heterocycles. The van der Waals surface area contributed by atoms with E-state index >= 15 is 0 Å². The van der Waals surface area contributed by atoms with Gasteiger partial charge in [0.25, 0.3) is 0 Å². The van der Waals surface area contributed by atoms with Gasteiger partial charge in [-0.25, -0.2) is 0 Å². The van der Waals surface area contributed by atoms with Gasteiger partial charge >= 0.3 is 0 Å². The van der Waals surface area contributed by atoms with Gasteiger partial charge in [-0.05, 0) is 12.1 Å². The Hall–Kier alpha value is -2.80. The normalized spacial score (nSPS) is 20.2. The van der Waals surface area contributed by atoms with Crippen LogP contribution in [0.1, 0.15) is 29.8 Å². The molecule has 0 saturated heterocycles. The van der Waals surface area contributed by atoms with Gasteiger partial charge in [-0.2, -0.15) is 0 Å². The molecule has 116 valence electrons. The van der Waals surface area contributed by atoms with Gasteiger partial charge in [-0.1, -0.05) is 0 Å². The Morgan fingerprint density at radius 1 is 0.909 bits per heavy atom. The number of hydrogen-bond acceptors (Lipinski definition) is 7. The Morgan fingerprint density at radius 3 is 2.36 bits per heavy atom. The first-order valence-corrected chi connectivity index (χ1v) is 6.53. The standard InChI is InChI=1S/C15H14O7/c16-6-3-9(18)13-10(19)5-11(22-12(13)4-6)7-1-2-8(17)15(21)14(7)20/h1-4,10-11,16-21H,5H2. The molecule has 0 spiro atoms. The highest BCUT2D eigenvalue weighted by molar-refractivity contribution is 5.56. The maximum atomic E-state index is 10.2. The smallest absolute Gasteiger partial charge is 0.200 e. The van der Waals surface area contributed by atoms with Crippen molar-refractivity contribution in [3.8, 4) is 34.5 Å². The molecule has 7 nitrogen and oxygen atoms in total. The Kier molecular flexibility index (Phi) is 3.14. The predicted octanol–water partition coefficient (Wildman–Crippen LogP) is 1.77. The molecule has 0 saturated carbocycles. The van der Waals surface area contributed by atoms with Crippen LogP contribution in [-0.2, 0) is 0 Å². The van der Waals surface area contributed by atoms with Crippen molar-refractivity contribution in [1.82, 2.24) is 0 Å². The fourth-order valence-corrected chi connectivity index (χ4v) is 2.59. The average molecular weight is 306 g/mol. The lowest BCUT2D eigenvalue weighted by Gasteiger charge is -2.30. The number of hydrogen-bond donors (Lipinski definition) is 6. The molecule has 1 heterocycles. The number of phenols is 5. The maximum absolute atomic E-state index is 10.2. The second kappa shape index (κ2) is 4.88. The summed E-state index contributed by atoms with van der Waals surface area (Å²) in [5.41, 5.74) is 0.319. The molecule has 1 aliphatic rings. The highest BCUT2D eigenvalue weighted by Gasteiger charge is 2.33. The number of fused-ring (bicyclic) bond motifs is 1. The van der Waals surface area contributed by atoms with Crippen LogP contribution in [0.25, 0.3) is 0 Å². The number of ether oxygens (including phenoxy) is 1. The van der Waals surface area contributed by atoms with Crippen molar-refractivity contribution < 1.29 is 35.4 Å². The zero-order valence-electron chi connectivity index (χ0n) is 11.3. The van der Waals surface area contributed by atoms with Gasteiger partial charge in [-0.15, -0.1) is 0 Å². The number of aliphatic hydroxyl groups excluding tert-OH is 1. The fraction of sp³-hybridized carbons (Fsp3) is 0.200. The maximum Gasteiger partial charge on any atom is 0.200 e. The summed E-state index contributed by atoms with van der Waals surface area (Å²) in [4.78, 5) is 0. The van der Waals surface area contributed by atoms with Gasteiger partial charge in [0.15, 0.2) is 11.5 Å². The lowest BCUT2D eigenvalue weighted by Crippen LogP contribution is -2.19. The summed E-state index contributed by atoms with van der Waals surface area (Å²) in [6.45, 7) is 0. The van der Waals surface area contributed by atoms with E-state index in [9.17, 15) is 30.6 Å². The zero-order chi connectivity index (χ0) is 16.0. The van der Waals surface area contributed by atoms with Crippen LogP contribution in [0.3, 0.4) is 0 Å². The van der Waals surface area contributed by atoms with Crippen LogP contribution in [0, 0.1) is 0 Å². The quantitative estimate of drug-likeness (QED) is 0.443. The molecule has 7 heteroatoms. The van der Waals surface area contributed by atoms with Crippen molar-refractivity contribution in [3.05, 3.63) is 35.4 Å². The van der Waals surface area contributed by atoms with Gasteiger partial charge in [-0.3, -0.25) is 0 Å². The Bertz CT molecular complexity index is 741. The van der Waals surface area contributed by atoms with Gasteiger partial charge in [0, 0.05) is 24.1 Å². The third kappa shape index (κ3) is 2.11. The predicted molar refractivity (Wildman–Crippen MR) is 74.2 cm³/mol. The molecule has 2 aromatic rings. The van der Waals surface area contributed by atoms with E-state index in [0.29, 0.717) is 0 Å². The van der Waals surface area contributed by atoms with E-state index in [0.717, 1.165) is 6.07 Å². The molecule has 1 aliphatic heterocycles. The third-order valence-corrected chi connectivity index (χ3v) is 3.65. The highest BCUT2D eigenvalue weighted by Crippen LogP contribution is 2.49. The second-order valence-electron chi connectivity index (χ2n) is 5.11. The molecule has 2 unspecified atom stereocenters. The lowest BCUT2D eigenvalue weighted by molar-refractivity contribution is 0.0618. The van der Waals surface area contributed by atoms with Crippen molar-refractivity contribution in [2.45, 2.75) is 18.6 Å². The molecule has 2 atom stereocenters. The molecular weight excluding hydrogens is 292 g/mol. The van der Waals surface area contributed by atoms with E-state index in [2.05, 4.69) is 0 Å². The van der Waals surface area contributed by atoms with Crippen molar-refractivity contribution in [3.63, 3.8) is 0 Å². The summed E-state index contributed by atoms with van der Waals surface area (Å²) in [7, 11) is 0. The van der Waals surface area contributed by atoms with E-state index < -0.39 is 29.5 Å². The summed E-state index contributed by atoms with van der Waals surface area (Å²) < 4.78 is 5.59.